The van der Waals surface area contributed by atoms with Crippen molar-refractivity contribution in [2.45, 2.75) is 37.8 Å². The SMILES string of the molecule is O=C(NC[C@H](O)CN1CCc2ccccc2C1)N1CCCC(c2ccc(F)cc2)C1.S. The molecule has 0 saturated carbocycles. The minimum Gasteiger partial charge on any atom is -0.390 e. The quantitative estimate of drug-likeness (QED) is 0.743. The number of nitrogens with zero attached hydrogens (tertiary/aromatic N) is 2. The van der Waals surface area contributed by atoms with E-state index in [9.17, 15) is 14.3 Å². The van der Waals surface area contributed by atoms with Crippen molar-refractivity contribution in [2.24, 2.45) is 0 Å². The van der Waals surface area contributed by atoms with Gasteiger partial charge in [-0.3, -0.25) is 4.90 Å². The molecule has 2 heterocycles. The van der Waals surface area contributed by atoms with Crippen LogP contribution in [0.2, 0.25) is 0 Å². The Morgan fingerprint density at radius 2 is 1.87 bits per heavy atom. The standard InChI is InChI=1S/C24H30FN3O2.H2S/c25-22-9-7-19(8-10-22)21-6-3-12-28(16-21)24(30)26-14-23(29)17-27-13-11-18-4-1-2-5-20(18)15-27;/h1-2,4-5,7-10,21,23,29H,3,6,11-17H2,(H,26,30);1H2/t21?,23-;/m0./s1. The zero-order chi connectivity index (χ0) is 20.9. The van der Waals surface area contributed by atoms with Gasteiger partial charge in [-0.1, -0.05) is 36.4 Å². The summed E-state index contributed by atoms with van der Waals surface area (Å²) in [4.78, 5) is 16.7. The van der Waals surface area contributed by atoms with E-state index in [-0.39, 0.29) is 37.8 Å². The number of hydrogen-bond acceptors (Lipinski definition) is 3. The molecule has 2 aromatic carbocycles. The summed E-state index contributed by atoms with van der Waals surface area (Å²) in [5.74, 6) is -0.0150. The minimum atomic E-state index is -0.600. The number of hydrogen-bond donors (Lipinski definition) is 2. The third-order valence-electron chi connectivity index (χ3n) is 6.22. The average molecular weight is 446 g/mol. The molecule has 2 aliphatic heterocycles. The molecule has 0 spiro atoms. The fraction of sp³-hybridized carbons (Fsp3) is 0.458. The van der Waals surface area contributed by atoms with Gasteiger partial charge in [-0.15, -0.1) is 0 Å². The zero-order valence-electron chi connectivity index (χ0n) is 17.8. The molecule has 1 unspecified atom stereocenters. The topological polar surface area (TPSA) is 55.8 Å². The highest BCUT2D eigenvalue weighted by Crippen LogP contribution is 2.27. The van der Waals surface area contributed by atoms with Crippen molar-refractivity contribution >= 4 is 19.5 Å². The predicted molar refractivity (Wildman–Crippen MR) is 125 cm³/mol. The lowest BCUT2D eigenvalue weighted by Crippen LogP contribution is -2.48. The van der Waals surface area contributed by atoms with Crippen LogP contribution in [0.15, 0.2) is 48.5 Å². The monoisotopic (exact) mass is 445 g/mol. The van der Waals surface area contributed by atoms with Gasteiger partial charge in [0.1, 0.15) is 5.82 Å². The Morgan fingerprint density at radius 1 is 1.13 bits per heavy atom. The molecule has 0 radical (unpaired) electrons. The number of piperidine rings is 1. The molecule has 2 atom stereocenters. The van der Waals surface area contributed by atoms with E-state index in [2.05, 4.69) is 34.5 Å². The first-order valence-electron chi connectivity index (χ1n) is 10.8. The summed E-state index contributed by atoms with van der Waals surface area (Å²) in [5.41, 5.74) is 3.77. The molecule has 2 amide bonds. The van der Waals surface area contributed by atoms with Gasteiger partial charge in [0.15, 0.2) is 0 Å². The summed E-state index contributed by atoms with van der Waals surface area (Å²) < 4.78 is 13.2. The van der Waals surface area contributed by atoms with Crippen molar-refractivity contribution in [3.05, 3.63) is 71.0 Å². The van der Waals surface area contributed by atoms with E-state index in [0.717, 1.165) is 37.9 Å². The average Bonchev–Trinajstić information content (AvgIpc) is 2.78. The number of rotatable bonds is 5. The summed E-state index contributed by atoms with van der Waals surface area (Å²) in [6.45, 7) is 3.89. The van der Waals surface area contributed by atoms with E-state index >= 15 is 0 Å². The second-order valence-corrected chi connectivity index (χ2v) is 8.43. The Balaban J connectivity index is 0.00000272. The summed E-state index contributed by atoms with van der Waals surface area (Å²) in [6.07, 6.45) is 2.31. The number of amides is 2. The van der Waals surface area contributed by atoms with Crippen LogP contribution in [0.5, 0.6) is 0 Å². The number of aliphatic hydroxyl groups excluding tert-OH is 1. The lowest BCUT2D eigenvalue weighted by atomic mass is 9.91. The third-order valence-corrected chi connectivity index (χ3v) is 6.22. The zero-order valence-corrected chi connectivity index (χ0v) is 18.8. The maximum absolute atomic E-state index is 13.2. The third kappa shape index (κ3) is 6.21. The van der Waals surface area contributed by atoms with Crippen molar-refractivity contribution in [3.63, 3.8) is 0 Å². The van der Waals surface area contributed by atoms with Crippen LogP contribution < -0.4 is 5.32 Å². The van der Waals surface area contributed by atoms with Crippen molar-refractivity contribution in [1.29, 1.82) is 0 Å². The number of carbonyl (C=O) groups excluding carboxylic acids is 1. The smallest absolute Gasteiger partial charge is 0.317 e. The highest BCUT2D eigenvalue weighted by atomic mass is 32.1. The molecule has 2 N–H and O–H groups in total. The molecule has 5 nitrogen and oxygen atoms in total. The fourth-order valence-corrected chi connectivity index (χ4v) is 4.56. The number of β-amino-alcohol motifs (C(OH)–C–C–N with tert-alkyl or cyclic N) is 1. The summed E-state index contributed by atoms with van der Waals surface area (Å²) >= 11 is 0. The Kier molecular flexibility index (Phi) is 8.35. The molecule has 0 bridgehead atoms. The number of halogens is 1. The molecular formula is C24H32FN3O2S. The van der Waals surface area contributed by atoms with E-state index in [1.165, 1.54) is 23.3 Å². The lowest BCUT2D eigenvalue weighted by Gasteiger charge is -2.34. The van der Waals surface area contributed by atoms with Gasteiger partial charge >= 0.3 is 6.03 Å². The molecule has 31 heavy (non-hydrogen) atoms. The Labute approximate surface area is 190 Å². The normalized spacial score (nSPS) is 19.8. The van der Waals surface area contributed by atoms with Gasteiger partial charge in [0.25, 0.3) is 0 Å². The minimum absolute atomic E-state index is 0. The van der Waals surface area contributed by atoms with Gasteiger partial charge in [-0.2, -0.15) is 13.5 Å². The van der Waals surface area contributed by atoms with Crippen LogP contribution in [0.4, 0.5) is 9.18 Å². The molecule has 168 valence electrons. The first-order valence-corrected chi connectivity index (χ1v) is 10.8. The molecular weight excluding hydrogens is 413 g/mol. The molecule has 7 heteroatoms. The second-order valence-electron chi connectivity index (χ2n) is 8.43. The Bertz CT molecular complexity index is 864. The van der Waals surface area contributed by atoms with Gasteiger partial charge in [-0.05, 0) is 48.1 Å². The van der Waals surface area contributed by atoms with E-state index in [1.807, 2.05) is 12.1 Å². The number of aliphatic hydroxyl groups is 1. The highest BCUT2D eigenvalue weighted by molar-refractivity contribution is 7.59. The number of likely N-dealkylation sites (tertiary alicyclic amines) is 1. The maximum atomic E-state index is 13.2. The van der Waals surface area contributed by atoms with Crippen molar-refractivity contribution < 1.29 is 14.3 Å². The number of fused-ring (bicyclic) bond motifs is 1. The van der Waals surface area contributed by atoms with Crippen LogP contribution in [0.3, 0.4) is 0 Å². The molecule has 0 aliphatic carbocycles. The maximum Gasteiger partial charge on any atom is 0.317 e. The fourth-order valence-electron chi connectivity index (χ4n) is 4.56. The van der Waals surface area contributed by atoms with Gasteiger partial charge in [0.05, 0.1) is 6.10 Å². The highest BCUT2D eigenvalue weighted by Gasteiger charge is 2.25. The Morgan fingerprint density at radius 3 is 2.65 bits per heavy atom. The van der Waals surface area contributed by atoms with Crippen LogP contribution >= 0.6 is 13.5 Å². The summed E-state index contributed by atoms with van der Waals surface area (Å²) in [5, 5.41) is 13.3. The van der Waals surface area contributed by atoms with Crippen molar-refractivity contribution in [1.82, 2.24) is 15.1 Å². The summed E-state index contributed by atoms with van der Waals surface area (Å²) in [6, 6.07) is 14.9. The Hall–Kier alpha value is -2.09. The van der Waals surface area contributed by atoms with Gasteiger partial charge in [0.2, 0.25) is 0 Å². The van der Waals surface area contributed by atoms with Gasteiger partial charge in [-0.25, -0.2) is 9.18 Å². The van der Waals surface area contributed by atoms with Crippen LogP contribution in [-0.4, -0.2) is 59.8 Å². The number of benzene rings is 2. The first kappa shape index (κ1) is 23.6. The van der Waals surface area contributed by atoms with E-state index in [1.54, 1.807) is 4.90 Å². The van der Waals surface area contributed by atoms with Crippen molar-refractivity contribution in [2.75, 3.05) is 32.7 Å². The molecule has 1 saturated heterocycles. The number of urea groups is 1. The first-order chi connectivity index (χ1) is 14.6. The molecule has 4 rings (SSSR count). The molecule has 2 aromatic rings. The second kappa shape index (κ2) is 11.0. The summed E-state index contributed by atoms with van der Waals surface area (Å²) in [7, 11) is 0. The predicted octanol–water partition coefficient (Wildman–Crippen LogP) is 3.25. The van der Waals surface area contributed by atoms with E-state index < -0.39 is 6.10 Å². The van der Waals surface area contributed by atoms with E-state index in [4.69, 9.17) is 0 Å². The van der Waals surface area contributed by atoms with Gasteiger partial charge < -0.3 is 15.3 Å². The molecule has 1 fully saturated rings. The molecule has 0 aromatic heterocycles. The largest absolute Gasteiger partial charge is 0.390 e. The van der Waals surface area contributed by atoms with Crippen LogP contribution in [0.1, 0.15) is 35.4 Å². The van der Waals surface area contributed by atoms with Crippen molar-refractivity contribution in [3.8, 4) is 0 Å². The molecule has 2 aliphatic rings. The van der Waals surface area contributed by atoms with Crippen LogP contribution in [0, 0.1) is 5.82 Å². The van der Waals surface area contributed by atoms with Gasteiger partial charge in [0, 0.05) is 45.2 Å². The van der Waals surface area contributed by atoms with E-state index in [0.29, 0.717) is 19.6 Å². The van der Waals surface area contributed by atoms with Crippen LogP contribution in [-0.2, 0) is 13.0 Å². The van der Waals surface area contributed by atoms with Crippen LogP contribution in [0.25, 0.3) is 0 Å². The lowest BCUT2D eigenvalue weighted by molar-refractivity contribution is 0.102. The number of nitrogens with one attached hydrogen (secondary N) is 1. The number of carbonyl (C=O) groups is 1.